The molecule has 1 aliphatic rings. The molecule has 0 radical (unpaired) electrons. The maximum atomic E-state index is 13.0. The lowest BCUT2D eigenvalue weighted by atomic mass is 9.94. The molecule has 0 fully saturated rings. The molecule has 1 heterocycles. The predicted octanol–water partition coefficient (Wildman–Crippen LogP) is 1.66. The SMILES string of the molecule is OCC1NCCc2cc(F)cc(Cl)c21. The molecule has 0 aliphatic carbocycles. The fourth-order valence-electron chi connectivity index (χ4n) is 1.87. The molecule has 2 rings (SSSR count). The third kappa shape index (κ3) is 1.63. The zero-order valence-electron chi connectivity index (χ0n) is 7.56. The van der Waals surface area contributed by atoms with Gasteiger partial charge in [-0.25, -0.2) is 4.39 Å². The molecule has 0 spiro atoms. The lowest BCUT2D eigenvalue weighted by Gasteiger charge is -2.26. The second-order valence-electron chi connectivity index (χ2n) is 3.40. The quantitative estimate of drug-likeness (QED) is 0.747. The second-order valence-corrected chi connectivity index (χ2v) is 3.81. The van der Waals surface area contributed by atoms with Gasteiger partial charge in [-0.2, -0.15) is 0 Å². The highest BCUT2D eigenvalue weighted by Crippen LogP contribution is 2.30. The van der Waals surface area contributed by atoms with Gasteiger partial charge in [-0.05, 0) is 36.2 Å². The molecule has 4 heteroatoms. The van der Waals surface area contributed by atoms with Crippen LogP contribution in [0.15, 0.2) is 12.1 Å². The van der Waals surface area contributed by atoms with Gasteiger partial charge in [0.05, 0.1) is 12.6 Å². The van der Waals surface area contributed by atoms with E-state index in [1.54, 1.807) is 0 Å². The predicted molar refractivity (Wildman–Crippen MR) is 52.9 cm³/mol. The van der Waals surface area contributed by atoms with Gasteiger partial charge in [-0.15, -0.1) is 0 Å². The number of nitrogens with one attached hydrogen (secondary N) is 1. The second kappa shape index (κ2) is 3.85. The summed E-state index contributed by atoms with van der Waals surface area (Å²) in [6, 6.07) is 2.62. The molecule has 2 N–H and O–H groups in total. The van der Waals surface area contributed by atoms with Crippen LogP contribution in [-0.4, -0.2) is 18.3 Å². The van der Waals surface area contributed by atoms with Crippen LogP contribution in [-0.2, 0) is 6.42 Å². The highest BCUT2D eigenvalue weighted by molar-refractivity contribution is 6.31. The molecule has 14 heavy (non-hydrogen) atoms. The summed E-state index contributed by atoms with van der Waals surface area (Å²) in [5.74, 6) is -0.313. The molecule has 76 valence electrons. The molecule has 1 aliphatic heterocycles. The molecule has 1 unspecified atom stereocenters. The first-order valence-corrected chi connectivity index (χ1v) is 4.92. The van der Waals surface area contributed by atoms with Crippen molar-refractivity contribution in [3.8, 4) is 0 Å². The van der Waals surface area contributed by atoms with Crippen LogP contribution in [0, 0.1) is 5.82 Å². The number of benzene rings is 1. The summed E-state index contributed by atoms with van der Waals surface area (Å²) in [6.07, 6.45) is 0.753. The summed E-state index contributed by atoms with van der Waals surface area (Å²) in [4.78, 5) is 0. The average Bonchev–Trinajstić information content (AvgIpc) is 2.16. The van der Waals surface area contributed by atoms with Gasteiger partial charge >= 0.3 is 0 Å². The summed E-state index contributed by atoms with van der Waals surface area (Å²) in [5.41, 5.74) is 1.73. The van der Waals surface area contributed by atoms with E-state index >= 15 is 0 Å². The Balaban J connectivity index is 2.51. The van der Waals surface area contributed by atoms with Crippen molar-refractivity contribution >= 4 is 11.6 Å². The van der Waals surface area contributed by atoms with Crippen LogP contribution in [0.1, 0.15) is 17.2 Å². The van der Waals surface area contributed by atoms with E-state index in [2.05, 4.69) is 5.32 Å². The van der Waals surface area contributed by atoms with Gasteiger partial charge in [0.1, 0.15) is 5.82 Å². The minimum atomic E-state index is -0.313. The maximum Gasteiger partial charge on any atom is 0.124 e. The summed E-state index contributed by atoms with van der Waals surface area (Å²) in [5, 5.41) is 12.6. The molecule has 2 nitrogen and oxygen atoms in total. The molecule has 0 saturated heterocycles. The molecule has 0 amide bonds. The molecule has 0 aromatic heterocycles. The third-order valence-electron chi connectivity index (χ3n) is 2.50. The number of fused-ring (bicyclic) bond motifs is 1. The number of aliphatic hydroxyl groups excluding tert-OH is 1. The third-order valence-corrected chi connectivity index (χ3v) is 2.81. The van der Waals surface area contributed by atoms with E-state index in [1.807, 2.05) is 0 Å². The maximum absolute atomic E-state index is 13.0. The van der Waals surface area contributed by atoms with Gasteiger partial charge in [0, 0.05) is 5.02 Å². The van der Waals surface area contributed by atoms with Crippen molar-refractivity contribution in [3.63, 3.8) is 0 Å². The van der Waals surface area contributed by atoms with Crippen molar-refractivity contribution in [1.29, 1.82) is 0 Å². The van der Waals surface area contributed by atoms with Crippen molar-refractivity contribution < 1.29 is 9.50 Å². The van der Waals surface area contributed by atoms with Crippen LogP contribution in [0.25, 0.3) is 0 Å². The summed E-state index contributed by atoms with van der Waals surface area (Å²) in [7, 11) is 0. The fraction of sp³-hybridized carbons (Fsp3) is 0.400. The minimum Gasteiger partial charge on any atom is -0.394 e. The number of hydrogen-bond donors (Lipinski definition) is 2. The van der Waals surface area contributed by atoms with Crippen molar-refractivity contribution in [2.45, 2.75) is 12.5 Å². The van der Waals surface area contributed by atoms with E-state index < -0.39 is 0 Å². The van der Waals surface area contributed by atoms with E-state index in [0.29, 0.717) is 5.02 Å². The Kier molecular flexibility index (Phi) is 2.72. The zero-order chi connectivity index (χ0) is 10.1. The van der Waals surface area contributed by atoms with E-state index in [4.69, 9.17) is 16.7 Å². The number of rotatable bonds is 1. The molecule has 0 bridgehead atoms. The van der Waals surface area contributed by atoms with Crippen LogP contribution in [0.2, 0.25) is 5.02 Å². The highest BCUT2D eigenvalue weighted by atomic mass is 35.5. The van der Waals surface area contributed by atoms with Crippen molar-refractivity contribution in [2.24, 2.45) is 0 Å². The van der Waals surface area contributed by atoms with Crippen LogP contribution < -0.4 is 5.32 Å². The Morgan fingerprint density at radius 2 is 2.36 bits per heavy atom. The van der Waals surface area contributed by atoms with E-state index in [9.17, 15) is 4.39 Å². The van der Waals surface area contributed by atoms with Gasteiger partial charge in [0.2, 0.25) is 0 Å². The minimum absolute atomic E-state index is 0.0155. The largest absolute Gasteiger partial charge is 0.394 e. The van der Waals surface area contributed by atoms with Crippen LogP contribution in [0.5, 0.6) is 0 Å². The van der Waals surface area contributed by atoms with E-state index in [1.165, 1.54) is 12.1 Å². The van der Waals surface area contributed by atoms with Crippen LogP contribution in [0.3, 0.4) is 0 Å². The van der Waals surface area contributed by atoms with Gasteiger partial charge in [0.25, 0.3) is 0 Å². The number of halogens is 2. The molecule has 0 saturated carbocycles. The van der Waals surface area contributed by atoms with Gasteiger partial charge < -0.3 is 10.4 Å². The van der Waals surface area contributed by atoms with Crippen molar-refractivity contribution in [3.05, 3.63) is 34.1 Å². The van der Waals surface area contributed by atoms with Crippen LogP contribution in [0.4, 0.5) is 4.39 Å². The van der Waals surface area contributed by atoms with Gasteiger partial charge in [0.15, 0.2) is 0 Å². The zero-order valence-corrected chi connectivity index (χ0v) is 8.31. The first-order chi connectivity index (χ1) is 6.72. The lowest BCUT2D eigenvalue weighted by Crippen LogP contribution is -2.32. The van der Waals surface area contributed by atoms with Crippen molar-refractivity contribution in [2.75, 3.05) is 13.2 Å². The Morgan fingerprint density at radius 1 is 1.57 bits per heavy atom. The highest BCUT2D eigenvalue weighted by Gasteiger charge is 2.22. The van der Waals surface area contributed by atoms with E-state index in [0.717, 1.165) is 24.1 Å². The fourth-order valence-corrected chi connectivity index (χ4v) is 2.23. The number of hydrogen-bond acceptors (Lipinski definition) is 2. The molecule has 1 aromatic rings. The van der Waals surface area contributed by atoms with E-state index in [-0.39, 0.29) is 18.5 Å². The Morgan fingerprint density at radius 3 is 3.07 bits per heavy atom. The van der Waals surface area contributed by atoms with Crippen molar-refractivity contribution in [1.82, 2.24) is 5.32 Å². The Labute approximate surface area is 86.7 Å². The molecular weight excluding hydrogens is 205 g/mol. The standard InChI is InChI=1S/C10H11ClFNO/c11-8-4-7(12)3-6-1-2-13-9(5-14)10(6)8/h3-4,9,13-14H,1-2,5H2. The first kappa shape index (κ1) is 9.90. The summed E-state index contributed by atoms with van der Waals surface area (Å²) < 4.78 is 13.0. The molecule has 1 aromatic carbocycles. The van der Waals surface area contributed by atoms with Crippen LogP contribution >= 0.6 is 11.6 Å². The smallest absolute Gasteiger partial charge is 0.124 e. The summed E-state index contributed by atoms with van der Waals surface area (Å²) >= 11 is 5.93. The van der Waals surface area contributed by atoms with Gasteiger partial charge in [-0.1, -0.05) is 11.6 Å². The molecule has 1 atom stereocenters. The first-order valence-electron chi connectivity index (χ1n) is 4.54. The Bertz CT molecular complexity index is 356. The normalized spacial score (nSPS) is 20.6. The number of aliphatic hydroxyl groups is 1. The lowest BCUT2D eigenvalue weighted by molar-refractivity contribution is 0.240. The average molecular weight is 216 g/mol. The monoisotopic (exact) mass is 215 g/mol. The Hall–Kier alpha value is -0.640. The molecular formula is C10H11ClFNO. The topological polar surface area (TPSA) is 32.3 Å². The van der Waals surface area contributed by atoms with Gasteiger partial charge in [-0.3, -0.25) is 0 Å². The summed E-state index contributed by atoms with van der Waals surface area (Å²) in [6.45, 7) is 0.733.